The number of aliphatic hydroxyl groups is 1. The minimum atomic E-state index is -3.23. The SMILES string of the molecule is CC[C@@H](CO)NC(=O)C1CCCN(S(C)(=O)=O)C1. The van der Waals surface area contributed by atoms with Crippen molar-refractivity contribution in [3.63, 3.8) is 0 Å². The lowest BCUT2D eigenvalue weighted by molar-refractivity contribution is -0.127. The fourth-order valence-electron chi connectivity index (χ4n) is 2.05. The summed E-state index contributed by atoms with van der Waals surface area (Å²) in [6.07, 6.45) is 3.21. The van der Waals surface area contributed by atoms with Gasteiger partial charge in [-0.3, -0.25) is 4.79 Å². The first-order valence-electron chi connectivity index (χ1n) is 6.24. The summed E-state index contributed by atoms with van der Waals surface area (Å²) in [6.45, 7) is 2.52. The molecule has 1 fully saturated rings. The lowest BCUT2D eigenvalue weighted by Crippen LogP contribution is -2.47. The Labute approximate surface area is 108 Å². The first-order chi connectivity index (χ1) is 8.38. The Balaban J connectivity index is 2.58. The molecule has 1 aliphatic heterocycles. The molecule has 1 amide bonds. The molecule has 0 aromatic heterocycles. The van der Waals surface area contributed by atoms with Gasteiger partial charge < -0.3 is 10.4 Å². The second-order valence-electron chi connectivity index (χ2n) is 4.76. The van der Waals surface area contributed by atoms with Crippen LogP contribution in [0.5, 0.6) is 0 Å². The van der Waals surface area contributed by atoms with E-state index >= 15 is 0 Å². The zero-order valence-corrected chi connectivity index (χ0v) is 11.7. The average molecular weight is 278 g/mol. The number of carbonyl (C=O) groups is 1. The molecule has 0 saturated carbocycles. The molecule has 0 aliphatic carbocycles. The molecule has 1 rings (SSSR count). The van der Waals surface area contributed by atoms with Gasteiger partial charge in [-0.1, -0.05) is 6.92 Å². The van der Waals surface area contributed by atoms with E-state index in [0.717, 1.165) is 6.26 Å². The number of aliphatic hydroxyl groups excluding tert-OH is 1. The minimum Gasteiger partial charge on any atom is -0.394 e. The van der Waals surface area contributed by atoms with Crippen LogP contribution >= 0.6 is 0 Å². The molecule has 0 aromatic rings. The molecule has 6 nitrogen and oxygen atoms in total. The number of hydrogen-bond acceptors (Lipinski definition) is 4. The Morgan fingerprint density at radius 2 is 2.22 bits per heavy atom. The summed E-state index contributed by atoms with van der Waals surface area (Å²) in [5.74, 6) is -0.474. The van der Waals surface area contributed by atoms with Gasteiger partial charge >= 0.3 is 0 Å². The van der Waals surface area contributed by atoms with E-state index < -0.39 is 10.0 Å². The van der Waals surface area contributed by atoms with E-state index in [1.165, 1.54) is 4.31 Å². The third-order valence-electron chi connectivity index (χ3n) is 3.28. The molecule has 2 atom stereocenters. The maximum atomic E-state index is 12.0. The monoisotopic (exact) mass is 278 g/mol. The fraction of sp³-hybridized carbons (Fsp3) is 0.909. The van der Waals surface area contributed by atoms with Crippen LogP contribution < -0.4 is 5.32 Å². The van der Waals surface area contributed by atoms with E-state index in [1.807, 2.05) is 6.92 Å². The largest absolute Gasteiger partial charge is 0.394 e. The van der Waals surface area contributed by atoms with Crippen LogP contribution in [0, 0.1) is 5.92 Å². The number of nitrogens with one attached hydrogen (secondary N) is 1. The fourth-order valence-corrected chi connectivity index (χ4v) is 2.96. The van der Waals surface area contributed by atoms with Crippen LogP contribution in [0.2, 0.25) is 0 Å². The Bertz CT molecular complexity index is 379. The van der Waals surface area contributed by atoms with Crippen molar-refractivity contribution < 1.29 is 18.3 Å². The van der Waals surface area contributed by atoms with E-state index in [2.05, 4.69) is 5.32 Å². The van der Waals surface area contributed by atoms with Crippen LogP contribution in [-0.4, -0.2) is 55.7 Å². The Hall–Kier alpha value is -0.660. The standard InChI is InChI=1S/C11H22N2O4S/c1-3-10(8-14)12-11(15)9-5-4-6-13(7-9)18(2,16)17/h9-10,14H,3-8H2,1-2H3,(H,12,15)/t9?,10-/m0/s1. The summed E-state index contributed by atoms with van der Waals surface area (Å²) >= 11 is 0. The van der Waals surface area contributed by atoms with Gasteiger partial charge in [0.25, 0.3) is 0 Å². The van der Waals surface area contributed by atoms with Crippen molar-refractivity contribution in [1.82, 2.24) is 9.62 Å². The molecule has 7 heteroatoms. The predicted molar refractivity (Wildman–Crippen MR) is 68.4 cm³/mol. The number of amides is 1. The quantitative estimate of drug-likeness (QED) is 0.713. The first kappa shape index (κ1) is 15.4. The Morgan fingerprint density at radius 3 is 2.72 bits per heavy atom. The molecule has 18 heavy (non-hydrogen) atoms. The number of piperidine rings is 1. The predicted octanol–water partition coefficient (Wildman–Crippen LogP) is -0.455. The molecular weight excluding hydrogens is 256 g/mol. The summed E-state index contributed by atoms with van der Waals surface area (Å²) < 4.78 is 24.2. The van der Waals surface area contributed by atoms with Gasteiger partial charge in [0.05, 0.1) is 24.8 Å². The van der Waals surface area contributed by atoms with Gasteiger partial charge in [0.2, 0.25) is 15.9 Å². The van der Waals surface area contributed by atoms with Gasteiger partial charge in [0.1, 0.15) is 0 Å². The number of rotatable bonds is 5. The normalized spacial score (nSPS) is 23.6. The molecule has 0 aromatic carbocycles. The summed E-state index contributed by atoms with van der Waals surface area (Å²) in [5.41, 5.74) is 0. The van der Waals surface area contributed by atoms with Gasteiger partial charge in [-0.05, 0) is 19.3 Å². The second-order valence-corrected chi connectivity index (χ2v) is 6.74. The van der Waals surface area contributed by atoms with Gasteiger partial charge in [0.15, 0.2) is 0 Å². The maximum Gasteiger partial charge on any atom is 0.224 e. The second kappa shape index (κ2) is 6.49. The van der Waals surface area contributed by atoms with Crippen molar-refractivity contribution in [2.45, 2.75) is 32.2 Å². The van der Waals surface area contributed by atoms with Crippen LogP contribution in [-0.2, 0) is 14.8 Å². The summed E-state index contributed by atoms with van der Waals surface area (Å²) in [4.78, 5) is 12.0. The van der Waals surface area contributed by atoms with Crippen LogP contribution in [0.3, 0.4) is 0 Å². The van der Waals surface area contributed by atoms with E-state index in [9.17, 15) is 13.2 Å². The molecule has 1 unspecified atom stereocenters. The maximum absolute atomic E-state index is 12.0. The number of carbonyl (C=O) groups excluding carboxylic acids is 1. The first-order valence-corrected chi connectivity index (χ1v) is 8.09. The molecule has 106 valence electrons. The van der Waals surface area contributed by atoms with Crippen molar-refractivity contribution in [3.05, 3.63) is 0 Å². The molecule has 1 aliphatic rings. The van der Waals surface area contributed by atoms with Gasteiger partial charge in [-0.15, -0.1) is 0 Å². The number of sulfonamides is 1. The average Bonchev–Trinajstić information content (AvgIpc) is 2.34. The lowest BCUT2D eigenvalue weighted by Gasteiger charge is -2.30. The van der Waals surface area contributed by atoms with Gasteiger partial charge in [0, 0.05) is 13.1 Å². The summed E-state index contributed by atoms with van der Waals surface area (Å²) in [7, 11) is -3.23. The van der Waals surface area contributed by atoms with Crippen LogP contribution in [0.25, 0.3) is 0 Å². The van der Waals surface area contributed by atoms with Crippen molar-refractivity contribution in [1.29, 1.82) is 0 Å². The van der Waals surface area contributed by atoms with Crippen LogP contribution in [0.1, 0.15) is 26.2 Å². The van der Waals surface area contributed by atoms with E-state index in [-0.39, 0.29) is 31.0 Å². The van der Waals surface area contributed by atoms with E-state index in [0.29, 0.717) is 25.8 Å². The molecule has 1 saturated heterocycles. The highest BCUT2D eigenvalue weighted by molar-refractivity contribution is 7.88. The highest BCUT2D eigenvalue weighted by Crippen LogP contribution is 2.19. The van der Waals surface area contributed by atoms with Crippen LogP contribution in [0.15, 0.2) is 0 Å². The molecule has 1 heterocycles. The smallest absolute Gasteiger partial charge is 0.224 e. The van der Waals surface area contributed by atoms with Crippen molar-refractivity contribution in [2.75, 3.05) is 26.0 Å². The molecule has 0 radical (unpaired) electrons. The van der Waals surface area contributed by atoms with Gasteiger partial charge in [-0.25, -0.2) is 12.7 Å². The van der Waals surface area contributed by atoms with Crippen molar-refractivity contribution in [3.8, 4) is 0 Å². The summed E-state index contributed by atoms with van der Waals surface area (Å²) in [5, 5.41) is 11.8. The van der Waals surface area contributed by atoms with Crippen molar-refractivity contribution in [2.24, 2.45) is 5.92 Å². The highest BCUT2D eigenvalue weighted by atomic mass is 32.2. The number of nitrogens with zero attached hydrogens (tertiary/aromatic N) is 1. The van der Waals surface area contributed by atoms with Crippen LogP contribution in [0.4, 0.5) is 0 Å². The zero-order chi connectivity index (χ0) is 13.8. The van der Waals surface area contributed by atoms with E-state index in [1.54, 1.807) is 0 Å². The van der Waals surface area contributed by atoms with Crippen molar-refractivity contribution >= 4 is 15.9 Å². The number of hydrogen-bond donors (Lipinski definition) is 2. The summed E-state index contributed by atoms with van der Waals surface area (Å²) in [6, 6.07) is -0.244. The molecule has 0 spiro atoms. The Morgan fingerprint density at radius 1 is 1.56 bits per heavy atom. The Kier molecular flexibility index (Phi) is 5.55. The molecule has 2 N–H and O–H groups in total. The van der Waals surface area contributed by atoms with E-state index in [4.69, 9.17) is 5.11 Å². The third-order valence-corrected chi connectivity index (χ3v) is 4.55. The molecule has 0 bridgehead atoms. The van der Waals surface area contributed by atoms with Gasteiger partial charge in [-0.2, -0.15) is 0 Å². The highest BCUT2D eigenvalue weighted by Gasteiger charge is 2.30. The third kappa shape index (κ3) is 4.22. The topological polar surface area (TPSA) is 86.7 Å². The molecular formula is C11H22N2O4S. The minimum absolute atomic E-state index is 0.0925. The lowest BCUT2D eigenvalue weighted by atomic mass is 9.98. The zero-order valence-electron chi connectivity index (χ0n) is 10.9.